The van der Waals surface area contributed by atoms with Crippen molar-refractivity contribution in [3.8, 4) is 11.3 Å². The Morgan fingerprint density at radius 3 is 3.05 bits per heavy atom. The van der Waals surface area contributed by atoms with E-state index in [4.69, 9.17) is 4.42 Å². The SMILES string of the molecule is Cn1cc(C(=O)NC[C@H](O)c2ccc(-c3ccsc3)o2)nn1. The van der Waals surface area contributed by atoms with E-state index < -0.39 is 12.0 Å². The summed E-state index contributed by atoms with van der Waals surface area (Å²) in [5, 5.41) is 24.0. The van der Waals surface area contributed by atoms with Gasteiger partial charge in [0.25, 0.3) is 5.91 Å². The second-order valence-electron chi connectivity index (χ2n) is 4.72. The van der Waals surface area contributed by atoms with Crippen LogP contribution in [0.1, 0.15) is 22.4 Å². The highest BCUT2D eigenvalue weighted by Crippen LogP contribution is 2.26. The molecule has 0 fully saturated rings. The summed E-state index contributed by atoms with van der Waals surface area (Å²) in [7, 11) is 1.67. The van der Waals surface area contributed by atoms with Crippen molar-refractivity contribution < 1.29 is 14.3 Å². The minimum absolute atomic E-state index is 0.0337. The average Bonchev–Trinajstić information content (AvgIpc) is 3.23. The molecule has 114 valence electrons. The van der Waals surface area contributed by atoms with Gasteiger partial charge in [0.05, 0.1) is 12.7 Å². The molecular formula is C14H14N4O3S. The van der Waals surface area contributed by atoms with Gasteiger partial charge < -0.3 is 14.8 Å². The summed E-state index contributed by atoms with van der Waals surface area (Å²) in [5.74, 6) is 0.702. The van der Waals surface area contributed by atoms with Crippen molar-refractivity contribution in [2.45, 2.75) is 6.10 Å². The van der Waals surface area contributed by atoms with E-state index in [1.807, 2.05) is 16.8 Å². The predicted octanol–water partition coefficient (Wildman–Crippen LogP) is 1.60. The molecule has 8 heteroatoms. The van der Waals surface area contributed by atoms with Gasteiger partial charge in [-0.2, -0.15) is 11.3 Å². The van der Waals surface area contributed by atoms with Crippen molar-refractivity contribution in [3.63, 3.8) is 0 Å². The first kappa shape index (κ1) is 14.5. The van der Waals surface area contributed by atoms with E-state index in [0.717, 1.165) is 5.56 Å². The molecule has 0 aliphatic heterocycles. The number of furan rings is 1. The van der Waals surface area contributed by atoms with Crippen molar-refractivity contribution in [1.29, 1.82) is 0 Å². The number of amides is 1. The number of rotatable bonds is 5. The molecule has 0 radical (unpaired) electrons. The Morgan fingerprint density at radius 1 is 1.50 bits per heavy atom. The summed E-state index contributed by atoms with van der Waals surface area (Å²) >= 11 is 1.57. The first-order valence-electron chi connectivity index (χ1n) is 6.58. The number of thiophene rings is 1. The minimum atomic E-state index is -0.923. The molecule has 3 aromatic heterocycles. The number of hydrogen-bond acceptors (Lipinski definition) is 6. The molecule has 0 bridgehead atoms. The molecule has 0 aromatic carbocycles. The number of carbonyl (C=O) groups excluding carboxylic acids is 1. The molecule has 2 N–H and O–H groups in total. The van der Waals surface area contributed by atoms with Crippen molar-refractivity contribution in [2.24, 2.45) is 7.05 Å². The first-order valence-corrected chi connectivity index (χ1v) is 7.52. The largest absolute Gasteiger partial charge is 0.458 e. The van der Waals surface area contributed by atoms with Crippen LogP contribution in [0.15, 0.2) is 39.6 Å². The molecule has 0 unspecified atom stereocenters. The number of aliphatic hydroxyl groups excluding tert-OH is 1. The van der Waals surface area contributed by atoms with E-state index in [0.29, 0.717) is 11.5 Å². The summed E-state index contributed by atoms with van der Waals surface area (Å²) in [6, 6.07) is 5.44. The van der Waals surface area contributed by atoms with Gasteiger partial charge in [-0.3, -0.25) is 9.48 Å². The fourth-order valence-electron chi connectivity index (χ4n) is 1.92. The fourth-order valence-corrected chi connectivity index (χ4v) is 2.57. The number of carbonyl (C=O) groups is 1. The van der Waals surface area contributed by atoms with Crippen molar-refractivity contribution in [1.82, 2.24) is 20.3 Å². The van der Waals surface area contributed by atoms with Crippen LogP contribution < -0.4 is 5.32 Å². The number of hydrogen-bond donors (Lipinski definition) is 2. The van der Waals surface area contributed by atoms with Gasteiger partial charge in [0.15, 0.2) is 5.69 Å². The van der Waals surface area contributed by atoms with Gasteiger partial charge in [0.2, 0.25) is 0 Å². The molecule has 0 saturated carbocycles. The van der Waals surface area contributed by atoms with E-state index >= 15 is 0 Å². The lowest BCUT2D eigenvalue weighted by atomic mass is 10.2. The van der Waals surface area contributed by atoms with Crippen molar-refractivity contribution in [2.75, 3.05) is 6.54 Å². The zero-order valence-electron chi connectivity index (χ0n) is 11.8. The van der Waals surface area contributed by atoms with E-state index in [-0.39, 0.29) is 12.2 Å². The summed E-state index contributed by atoms with van der Waals surface area (Å²) in [6.45, 7) is 0.0337. The molecule has 7 nitrogen and oxygen atoms in total. The van der Waals surface area contributed by atoms with Gasteiger partial charge in [0.1, 0.15) is 17.6 Å². The summed E-state index contributed by atoms with van der Waals surface area (Å²) in [5.41, 5.74) is 1.17. The second kappa shape index (κ2) is 6.12. The zero-order valence-corrected chi connectivity index (χ0v) is 12.6. The zero-order chi connectivity index (χ0) is 15.5. The molecule has 1 amide bonds. The van der Waals surface area contributed by atoms with Crippen LogP contribution >= 0.6 is 11.3 Å². The number of aryl methyl sites for hydroxylation is 1. The lowest BCUT2D eigenvalue weighted by molar-refractivity contribution is 0.0897. The lowest BCUT2D eigenvalue weighted by Gasteiger charge is -2.08. The Labute approximate surface area is 130 Å². The van der Waals surface area contributed by atoms with Crippen molar-refractivity contribution in [3.05, 3.63) is 46.6 Å². The molecule has 22 heavy (non-hydrogen) atoms. The van der Waals surface area contributed by atoms with Crippen LogP contribution in [0.2, 0.25) is 0 Å². The van der Waals surface area contributed by atoms with Gasteiger partial charge in [0, 0.05) is 18.0 Å². The van der Waals surface area contributed by atoms with Crippen LogP contribution in [0.5, 0.6) is 0 Å². The molecule has 0 aliphatic carbocycles. The maximum Gasteiger partial charge on any atom is 0.273 e. The highest BCUT2D eigenvalue weighted by atomic mass is 32.1. The lowest BCUT2D eigenvalue weighted by Crippen LogP contribution is -2.28. The molecule has 0 aliphatic rings. The summed E-state index contributed by atoms with van der Waals surface area (Å²) in [6.07, 6.45) is 0.580. The van der Waals surface area contributed by atoms with E-state index in [1.165, 1.54) is 10.9 Å². The second-order valence-corrected chi connectivity index (χ2v) is 5.50. The molecular weight excluding hydrogens is 304 g/mol. The summed E-state index contributed by atoms with van der Waals surface area (Å²) in [4.78, 5) is 11.8. The Hall–Kier alpha value is -2.45. The predicted molar refractivity (Wildman–Crippen MR) is 80.3 cm³/mol. The van der Waals surface area contributed by atoms with Crippen LogP contribution in [-0.2, 0) is 7.05 Å². The maximum atomic E-state index is 11.8. The van der Waals surface area contributed by atoms with Crippen LogP contribution in [0, 0.1) is 0 Å². The average molecular weight is 318 g/mol. The highest BCUT2D eigenvalue weighted by molar-refractivity contribution is 7.08. The number of aromatic nitrogens is 3. The van der Waals surface area contributed by atoms with Crippen LogP contribution in [-0.4, -0.2) is 32.6 Å². The minimum Gasteiger partial charge on any atom is -0.458 e. The Morgan fingerprint density at radius 2 is 2.36 bits per heavy atom. The smallest absolute Gasteiger partial charge is 0.273 e. The van der Waals surface area contributed by atoms with Crippen molar-refractivity contribution >= 4 is 17.2 Å². The normalized spacial score (nSPS) is 12.3. The van der Waals surface area contributed by atoms with Crippen LogP contribution in [0.25, 0.3) is 11.3 Å². The topological polar surface area (TPSA) is 93.2 Å². The Bertz CT molecular complexity index is 763. The third-order valence-corrected chi connectivity index (χ3v) is 3.74. The van der Waals surface area contributed by atoms with E-state index in [2.05, 4.69) is 15.6 Å². The molecule has 0 saturated heterocycles. The number of nitrogens with zero attached hydrogens (tertiary/aromatic N) is 3. The Kier molecular flexibility index (Phi) is 4.03. The monoisotopic (exact) mass is 318 g/mol. The van der Waals surface area contributed by atoms with Crippen LogP contribution in [0.4, 0.5) is 0 Å². The van der Waals surface area contributed by atoms with E-state index in [1.54, 1.807) is 30.5 Å². The maximum absolute atomic E-state index is 11.8. The molecule has 1 atom stereocenters. The third kappa shape index (κ3) is 3.07. The van der Waals surface area contributed by atoms with Gasteiger partial charge in [-0.1, -0.05) is 5.21 Å². The van der Waals surface area contributed by atoms with E-state index in [9.17, 15) is 9.90 Å². The highest BCUT2D eigenvalue weighted by Gasteiger charge is 2.16. The molecule has 3 heterocycles. The standard InChI is InChI=1S/C14H14N4O3S/c1-18-7-10(16-17-18)14(20)15-6-11(19)13-3-2-12(21-13)9-4-5-22-8-9/h2-5,7-8,11,19H,6H2,1H3,(H,15,20)/t11-/m0/s1. The number of aliphatic hydroxyl groups is 1. The third-order valence-electron chi connectivity index (χ3n) is 3.05. The Balaban J connectivity index is 1.60. The van der Waals surface area contributed by atoms with Gasteiger partial charge in [-0.15, -0.1) is 5.10 Å². The first-order chi connectivity index (χ1) is 10.6. The van der Waals surface area contributed by atoms with Crippen LogP contribution in [0.3, 0.4) is 0 Å². The number of nitrogens with one attached hydrogen (secondary N) is 1. The molecule has 3 rings (SSSR count). The molecule has 0 spiro atoms. The van der Waals surface area contributed by atoms with Gasteiger partial charge in [-0.05, 0) is 23.6 Å². The quantitative estimate of drug-likeness (QED) is 0.745. The fraction of sp³-hybridized carbons (Fsp3) is 0.214. The molecule has 3 aromatic rings. The van der Waals surface area contributed by atoms with Gasteiger partial charge in [-0.25, -0.2) is 0 Å². The summed E-state index contributed by atoms with van der Waals surface area (Å²) < 4.78 is 7.04. The van der Waals surface area contributed by atoms with Gasteiger partial charge >= 0.3 is 0 Å².